The van der Waals surface area contributed by atoms with E-state index in [1.54, 1.807) is 6.07 Å². The highest BCUT2D eigenvalue weighted by atomic mass is 19.1. The molecule has 0 aliphatic carbocycles. The van der Waals surface area contributed by atoms with Crippen molar-refractivity contribution in [3.8, 4) is 0 Å². The minimum atomic E-state index is -0.506. The Morgan fingerprint density at radius 3 is 2.65 bits per heavy atom. The van der Waals surface area contributed by atoms with E-state index in [-0.39, 0.29) is 0 Å². The summed E-state index contributed by atoms with van der Waals surface area (Å²) in [6.07, 6.45) is 1.60. The molecule has 1 N–H and O–H groups in total. The maximum absolute atomic E-state index is 13.4. The second-order valence-electron chi connectivity index (χ2n) is 4.43. The van der Waals surface area contributed by atoms with Gasteiger partial charge in [-0.1, -0.05) is 6.07 Å². The topological polar surface area (TPSA) is 15.3 Å². The number of benzene rings is 1. The van der Waals surface area contributed by atoms with Crippen LogP contribution < -0.4 is 5.32 Å². The Labute approximate surface area is 101 Å². The fraction of sp³-hybridized carbons (Fsp3) is 0.538. The van der Waals surface area contributed by atoms with E-state index in [4.69, 9.17) is 0 Å². The van der Waals surface area contributed by atoms with Gasteiger partial charge in [-0.3, -0.25) is 0 Å². The molecule has 1 aliphatic rings. The Morgan fingerprint density at radius 1 is 1.18 bits per heavy atom. The lowest BCUT2D eigenvalue weighted by Crippen LogP contribution is -2.43. The molecule has 0 radical (unpaired) electrons. The standard InChI is InChI=1S/C13H18F2N2/c14-12-4-3-11(13(15)10-12)2-1-7-17-8-5-16-6-9-17/h3-4,10,16H,1-2,5-9H2. The number of hydrogen-bond acceptors (Lipinski definition) is 2. The number of nitrogens with zero attached hydrogens (tertiary/aromatic N) is 1. The maximum atomic E-state index is 13.4. The molecule has 1 heterocycles. The minimum Gasteiger partial charge on any atom is -0.314 e. The number of nitrogens with one attached hydrogen (secondary N) is 1. The van der Waals surface area contributed by atoms with E-state index in [1.807, 2.05) is 0 Å². The zero-order valence-electron chi connectivity index (χ0n) is 9.88. The van der Waals surface area contributed by atoms with Gasteiger partial charge in [0.1, 0.15) is 11.6 Å². The van der Waals surface area contributed by atoms with Gasteiger partial charge >= 0.3 is 0 Å². The van der Waals surface area contributed by atoms with E-state index in [9.17, 15) is 8.78 Å². The highest BCUT2D eigenvalue weighted by Gasteiger charge is 2.09. The molecule has 0 atom stereocenters. The van der Waals surface area contributed by atoms with E-state index < -0.39 is 11.6 Å². The molecule has 0 unspecified atom stereocenters. The molecular weight excluding hydrogens is 222 g/mol. The molecule has 2 nitrogen and oxygen atoms in total. The van der Waals surface area contributed by atoms with Crippen molar-refractivity contribution in [2.75, 3.05) is 32.7 Å². The van der Waals surface area contributed by atoms with Crippen molar-refractivity contribution in [2.24, 2.45) is 0 Å². The first-order valence-corrected chi connectivity index (χ1v) is 6.13. The van der Waals surface area contributed by atoms with Gasteiger partial charge in [-0.15, -0.1) is 0 Å². The van der Waals surface area contributed by atoms with Crippen LogP contribution in [0.1, 0.15) is 12.0 Å². The Bertz CT molecular complexity index is 362. The fourth-order valence-electron chi connectivity index (χ4n) is 2.15. The number of aryl methyl sites for hydroxylation is 1. The highest BCUT2D eigenvalue weighted by molar-refractivity contribution is 5.18. The van der Waals surface area contributed by atoms with Gasteiger partial charge in [0, 0.05) is 32.2 Å². The third-order valence-corrected chi connectivity index (χ3v) is 3.15. The molecule has 0 aromatic heterocycles. The molecule has 1 fully saturated rings. The van der Waals surface area contributed by atoms with Gasteiger partial charge in [0.15, 0.2) is 0 Å². The summed E-state index contributed by atoms with van der Waals surface area (Å²) in [6.45, 7) is 5.17. The lowest BCUT2D eigenvalue weighted by atomic mass is 10.1. The summed E-state index contributed by atoms with van der Waals surface area (Å²) >= 11 is 0. The summed E-state index contributed by atoms with van der Waals surface area (Å²) in [5, 5.41) is 3.29. The molecular formula is C13H18F2N2. The van der Waals surface area contributed by atoms with Gasteiger partial charge in [0.25, 0.3) is 0 Å². The molecule has 0 spiro atoms. The minimum absolute atomic E-state index is 0.426. The van der Waals surface area contributed by atoms with Crippen molar-refractivity contribution >= 4 is 0 Å². The predicted octanol–water partition coefficient (Wildman–Crippen LogP) is 1.80. The summed E-state index contributed by atoms with van der Waals surface area (Å²) in [7, 11) is 0. The fourth-order valence-corrected chi connectivity index (χ4v) is 2.15. The molecule has 17 heavy (non-hydrogen) atoms. The first-order chi connectivity index (χ1) is 8.25. The lowest BCUT2D eigenvalue weighted by molar-refractivity contribution is 0.238. The molecule has 1 saturated heterocycles. The van der Waals surface area contributed by atoms with Gasteiger partial charge in [-0.2, -0.15) is 0 Å². The van der Waals surface area contributed by atoms with Crippen LogP contribution in [0.25, 0.3) is 0 Å². The highest BCUT2D eigenvalue weighted by Crippen LogP contribution is 2.11. The molecule has 0 saturated carbocycles. The predicted molar refractivity (Wildman–Crippen MR) is 64.0 cm³/mol. The zero-order valence-corrected chi connectivity index (χ0v) is 9.88. The van der Waals surface area contributed by atoms with E-state index >= 15 is 0 Å². The third-order valence-electron chi connectivity index (χ3n) is 3.15. The van der Waals surface area contributed by atoms with Crippen LogP contribution in [-0.2, 0) is 6.42 Å². The summed E-state index contributed by atoms with van der Waals surface area (Å²) in [6, 6.07) is 3.83. The lowest BCUT2D eigenvalue weighted by Gasteiger charge is -2.27. The number of piperazine rings is 1. The van der Waals surface area contributed by atoms with Crippen LogP contribution in [0.15, 0.2) is 18.2 Å². The molecule has 2 rings (SSSR count). The molecule has 1 aromatic rings. The first-order valence-electron chi connectivity index (χ1n) is 6.13. The number of rotatable bonds is 4. The summed E-state index contributed by atoms with van der Waals surface area (Å²) < 4.78 is 26.1. The van der Waals surface area contributed by atoms with Gasteiger partial charge < -0.3 is 10.2 Å². The summed E-state index contributed by atoms with van der Waals surface area (Å²) in [5.41, 5.74) is 0.613. The second-order valence-corrected chi connectivity index (χ2v) is 4.43. The Balaban J connectivity index is 1.77. The molecule has 1 aromatic carbocycles. The largest absolute Gasteiger partial charge is 0.314 e. The van der Waals surface area contributed by atoms with E-state index in [2.05, 4.69) is 10.2 Å². The van der Waals surface area contributed by atoms with Gasteiger partial charge in [0.05, 0.1) is 0 Å². The zero-order chi connectivity index (χ0) is 12.1. The van der Waals surface area contributed by atoms with Crippen LogP contribution in [-0.4, -0.2) is 37.6 Å². The van der Waals surface area contributed by atoms with E-state index in [0.29, 0.717) is 12.0 Å². The second kappa shape index (κ2) is 6.07. The van der Waals surface area contributed by atoms with Gasteiger partial charge in [-0.05, 0) is 31.0 Å². The van der Waals surface area contributed by atoms with Gasteiger partial charge in [0.2, 0.25) is 0 Å². The van der Waals surface area contributed by atoms with E-state index in [1.165, 1.54) is 6.07 Å². The Kier molecular flexibility index (Phi) is 4.45. The van der Waals surface area contributed by atoms with E-state index in [0.717, 1.165) is 45.2 Å². The van der Waals surface area contributed by atoms with Crippen molar-refractivity contribution in [3.63, 3.8) is 0 Å². The van der Waals surface area contributed by atoms with Crippen LogP contribution >= 0.6 is 0 Å². The van der Waals surface area contributed by atoms with Crippen LogP contribution in [0.4, 0.5) is 8.78 Å². The van der Waals surface area contributed by atoms with Crippen molar-refractivity contribution < 1.29 is 8.78 Å². The quantitative estimate of drug-likeness (QED) is 0.863. The molecule has 0 amide bonds. The molecule has 94 valence electrons. The average Bonchev–Trinajstić information content (AvgIpc) is 2.33. The van der Waals surface area contributed by atoms with Crippen molar-refractivity contribution in [2.45, 2.75) is 12.8 Å². The Hall–Kier alpha value is -1.00. The first kappa shape index (κ1) is 12.5. The SMILES string of the molecule is Fc1ccc(CCCN2CCNCC2)c(F)c1. The van der Waals surface area contributed by atoms with Crippen LogP contribution in [0.2, 0.25) is 0 Å². The van der Waals surface area contributed by atoms with Crippen LogP contribution in [0.5, 0.6) is 0 Å². The van der Waals surface area contributed by atoms with Crippen LogP contribution in [0, 0.1) is 11.6 Å². The maximum Gasteiger partial charge on any atom is 0.129 e. The number of hydrogen-bond donors (Lipinski definition) is 1. The van der Waals surface area contributed by atoms with Crippen LogP contribution in [0.3, 0.4) is 0 Å². The number of halogens is 2. The van der Waals surface area contributed by atoms with Crippen molar-refractivity contribution in [1.82, 2.24) is 10.2 Å². The Morgan fingerprint density at radius 2 is 1.94 bits per heavy atom. The third kappa shape index (κ3) is 3.75. The average molecular weight is 240 g/mol. The normalized spacial score (nSPS) is 17.3. The molecule has 1 aliphatic heterocycles. The summed E-state index contributed by atoms with van der Waals surface area (Å²) in [4.78, 5) is 2.37. The molecule has 4 heteroatoms. The smallest absolute Gasteiger partial charge is 0.129 e. The summed E-state index contributed by atoms with van der Waals surface area (Å²) in [5.74, 6) is -0.932. The monoisotopic (exact) mass is 240 g/mol. The van der Waals surface area contributed by atoms with Crippen molar-refractivity contribution in [1.29, 1.82) is 0 Å². The molecule has 0 bridgehead atoms. The van der Waals surface area contributed by atoms with Gasteiger partial charge in [-0.25, -0.2) is 8.78 Å². The van der Waals surface area contributed by atoms with Crippen molar-refractivity contribution in [3.05, 3.63) is 35.4 Å².